The zero-order chi connectivity index (χ0) is 4.50. The molecule has 0 amide bonds. The number of rotatable bonds is 0. The van der Waals surface area contributed by atoms with Gasteiger partial charge in [0.15, 0.2) is 0 Å². The molecule has 0 aromatic rings. The van der Waals surface area contributed by atoms with Crippen LogP contribution in [0.1, 0.15) is 0 Å². The summed E-state index contributed by atoms with van der Waals surface area (Å²) in [5, 5.41) is 0. The van der Waals surface area contributed by atoms with E-state index in [4.69, 9.17) is 0 Å². The predicted molar refractivity (Wildman–Crippen MR) is 38.6 cm³/mol. The van der Waals surface area contributed by atoms with Gasteiger partial charge in [0.1, 0.15) is 0 Å². The van der Waals surface area contributed by atoms with Gasteiger partial charge >= 0.3 is 82.7 Å². The Morgan fingerprint density at radius 3 is 0.750 bits per heavy atom. The quantitative estimate of drug-likeness (QED) is 0.303. The standard InChI is InChI=1S/BF4.BH4.2Ca.4H/c2-1(3,4)5;;;;;;;/h;1H4;;;;;;/q2*-1;;;;;;. The van der Waals surface area contributed by atoms with Crippen LogP contribution in [-0.2, 0) is 0 Å². The van der Waals surface area contributed by atoms with Crippen molar-refractivity contribution in [3.8, 4) is 0 Å². The Labute approximate surface area is 106 Å². The Balaban J connectivity index is -0.0000000267. The molecule has 0 aliphatic carbocycles. The molecule has 0 spiro atoms. The van der Waals surface area contributed by atoms with Crippen molar-refractivity contribution in [3.05, 3.63) is 0 Å². The minimum atomic E-state index is -6.00. The molecule has 8 heteroatoms. The summed E-state index contributed by atoms with van der Waals surface area (Å²) in [6, 6.07) is 0. The summed E-state index contributed by atoms with van der Waals surface area (Å²) >= 11 is 0. The molecule has 0 bridgehead atoms. The molecule has 0 aliphatic rings. The average Bonchev–Trinajstić information content (AvgIpc) is 0.722. The molecule has 0 aromatic carbocycles. The van der Waals surface area contributed by atoms with Gasteiger partial charge in [0.2, 0.25) is 0 Å². The predicted octanol–water partition coefficient (Wildman–Crippen LogP) is -1.98. The molecule has 0 fully saturated rings. The van der Waals surface area contributed by atoms with E-state index in [9.17, 15) is 17.3 Å². The Morgan fingerprint density at radius 2 is 0.750 bits per heavy atom. The van der Waals surface area contributed by atoms with E-state index >= 15 is 0 Å². The van der Waals surface area contributed by atoms with E-state index in [0.717, 1.165) is 0 Å². The second-order valence-electron chi connectivity index (χ2n) is 0.495. The van der Waals surface area contributed by atoms with E-state index in [1.807, 2.05) is 0 Å². The summed E-state index contributed by atoms with van der Waals surface area (Å²) < 4.78 is 39.0. The third-order valence-corrected chi connectivity index (χ3v) is 0. The maximum absolute atomic E-state index is 9.75. The van der Waals surface area contributed by atoms with Gasteiger partial charge in [-0.15, -0.1) is 0 Å². The van der Waals surface area contributed by atoms with E-state index in [1.54, 1.807) is 0 Å². The topological polar surface area (TPSA) is 0 Å². The maximum atomic E-state index is 9.75. The van der Waals surface area contributed by atoms with Crippen molar-refractivity contribution in [2.45, 2.75) is 0 Å². The van der Waals surface area contributed by atoms with Crippen LogP contribution in [0.2, 0.25) is 0 Å². The van der Waals surface area contributed by atoms with Crippen molar-refractivity contribution in [1.82, 2.24) is 0 Å². The second-order valence-corrected chi connectivity index (χ2v) is 0.495. The monoisotopic (exact) mass is 186 g/mol. The van der Waals surface area contributed by atoms with E-state index in [0.29, 0.717) is 0 Å². The average molecular weight is 186 g/mol. The summed E-state index contributed by atoms with van der Waals surface area (Å²) in [6.07, 6.45) is 0. The van der Waals surface area contributed by atoms with Gasteiger partial charge in [-0.05, 0) is 0 Å². The first-order valence-corrected chi connectivity index (χ1v) is 0.873. The molecule has 0 nitrogen and oxygen atoms in total. The number of halogens is 4. The summed E-state index contributed by atoms with van der Waals surface area (Å²) in [7, 11) is -6.00. The van der Waals surface area contributed by atoms with Gasteiger partial charge in [-0.2, -0.15) is 0 Å². The van der Waals surface area contributed by atoms with Crippen molar-refractivity contribution >= 4 is 91.1 Å². The summed E-state index contributed by atoms with van der Waals surface area (Å²) in [4.78, 5) is 0. The zero-order valence-corrected chi connectivity index (χ0v) is 2.09. The van der Waals surface area contributed by atoms with Gasteiger partial charge < -0.3 is 17.3 Å². The van der Waals surface area contributed by atoms with Crippen molar-refractivity contribution in [2.24, 2.45) is 0 Å². The molecule has 0 heterocycles. The van der Waals surface area contributed by atoms with Crippen LogP contribution < -0.4 is 0 Å². The molecule has 48 valence electrons. The molecule has 0 aliphatic heterocycles. The van der Waals surface area contributed by atoms with Crippen molar-refractivity contribution in [3.63, 3.8) is 0 Å². The van der Waals surface area contributed by atoms with Crippen LogP contribution in [0.3, 0.4) is 0 Å². The number of hydrogen-bond acceptors (Lipinski definition) is 0. The Morgan fingerprint density at radius 1 is 0.750 bits per heavy atom. The fourth-order valence-electron chi connectivity index (χ4n) is 0. The van der Waals surface area contributed by atoms with E-state index in [1.165, 1.54) is 0 Å². The normalized spacial score (nSPS) is 7.50. The SMILES string of the molecule is F[B-](F)(F)F.[BH4-].[CaH2].[CaH2]. The van der Waals surface area contributed by atoms with Crippen LogP contribution in [0.25, 0.3) is 0 Å². The van der Waals surface area contributed by atoms with Crippen LogP contribution in [-0.4, -0.2) is 91.1 Å². The van der Waals surface area contributed by atoms with Gasteiger partial charge in [0.25, 0.3) is 0 Å². The van der Waals surface area contributed by atoms with Crippen LogP contribution in [0, 0.1) is 0 Å². The molecule has 0 unspecified atom stereocenters. The first kappa shape index (κ1) is 22.4. The molecular formula is H8B2Ca2F4-2. The van der Waals surface area contributed by atoms with Gasteiger partial charge in [-0.1, -0.05) is 8.41 Å². The minimum absolute atomic E-state index is 0. The molecule has 0 saturated carbocycles. The summed E-state index contributed by atoms with van der Waals surface area (Å²) in [6.45, 7) is 0. The first-order chi connectivity index (χ1) is 2.00. The van der Waals surface area contributed by atoms with Crippen molar-refractivity contribution in [2.75, 3.05) is 0 Å². The van der Waals surface area contributed by atoms with Crippen LogP contribution in [0.4, 0.5) is 17.3 Å². The first-order valence-electron chi connectivity index (χ1n) is 0.873. The molecule has 0 saturated heterocycles. The van der Waals surface area contributed by atoms with E-state index in [-0.39, 0.29) is 83.9 Å². The molecular weight excluding hydrogens is 178 g/mol. The third kappa shape index (κ3) is 81.0. The molecule has 0 radical (unpaired) electrons. The summed E-state index contributed by atoms with van der Waals surface area (Å²) in [5.41, 5.74) is 0. The van der Waals surface area contributed by atoms with Crippen LogP contribution in [0.5, 0.6) is 0 Å². The van der Waals surface area contributed by atoms with E-state index < -0.39 is 7.25 Å². The summed E-state index contributed by atoms with van der Waals surface area (Å²) in [5.74, 6) is 0. The van der Waals surface area contributed by atoms with Crippen LogP contribution >= 0.6 is 0 Å². The molecule has 0 atom stereocenters. The Kier molecular flexibility index (Phi) is 26.3. The number of hydrogen-bond donors (Lipinski definition) is 0. The van der Waals surface area contributed by atoms with Gasteiger partial charge in [-0.3, -0.25) is 0 Å². The van der Waals surface area contributed by atoms with Crippen LogP contribution in [0.15, 0.2) is 0 Å². The molecule has 0 N–H and O–H groups in total. The fraction of sp³-hybridized carbons (Fsp3) is 0. The second kappa shape index (κ2) is 9.37. The van der Waals surface area contributed by atoms with Gasteiger partial charge in [0.05, 0.1) is 0 Å². The van der Waals surface area contributed by atoms with Gasteiger partial charge in [0, 0.05) is 0 Å². The molecule has 0 aromatic heterocycles. The van der Waals surface area contributed by atoms with E-state index in [2.05, 4.69) is 0 Å². The Hall–Kier alpha value is 2.37. The fourth-order valence-corrected chi connectivity index (χ4v) is 0. The zero-order valence-electron chi connectivity index (χ0n) is 2.09. The van der Waals surface area contributed by atoms with Gasteiger partial charge in [-0.25, -0.2) is 0 Å². The molecule has 0 rings (SSSR count). The third-order valence-electron chi connectivity index (χ3n) is 0. The van der Waals surface area contributed by atoms with Crippen molar-refractivity contribution in [1.29, 1.82) is 0 Å². The van der Waals surface area contributed by atoms with Crippen molar-refractivity contribution < 1.29 is 17.3 Å². The Bertz CT molecular complexity index is 27.5. The molecule has 8 heavy (non-hydrogen) atoms.